The van der Waals surface area contributed by atoms with Crippen LogP contribution in [0, 0.1) is 0 Å². The quantitative estimate of drug-likeness (QED) is 0.709. The molecule has 0 rings (SSSR count). The summed E-state index contributed by atoms with van der Waals surface area (Å²) in [5.74, 6) is -4.69. The molecule has 0 N–H and O–H groups in total. The van der Waals surface area contributed by atoms with Crippen LogP contribution in [-0.4, -0.2) is 29.1 Å². The molecule has 0 spiro atoms. The first-order valence-electron chi connectivity index (χ1n) is 4.26. The molecule has 0 amide bonds. The Morgan fingerprint density at radius 2 is 1.75 bits per heavy atom. The van der Waals surface area contributed by atoms with E-state index in [-0.39, 0.29) is 5.75 Å². The molecule has 8 heteroatoms. The first-order valence-corrected chi connectivity index (χ1v) is 5.25. The molecule has 0 aliphatic heterocycles. The van der Waals surface area contributed by atoms with E-state index in [9.17, 15) is 31.1 Å². The molecule has 0 aromatic rings. The van der Waals surface area contributed by atoms with E-state index in [4.69, 9.17) is 0 Å². The third kappa shape index (κ3) is 6.97. The van der Waals surface area contributed by atoms with E-state index in [1.807, 2.05) is 0 Å². The summed E-state index contributed by atoms with van der Waals surface area (Å²) < 4.78 is 73.1. The molecule has 16 heavy (non-hydrogen) atoms. The van der Waals surface area contributed by atoms with Gasteiger partial charge in [-0.25, -0.2) is 13.2 Å². The van der Waals surface area contributed by atoms with Gasteiger partial charge in [0.25, 0.3) is 5.92 Å². The second kappa shape index (κ2) is 5.79. The van der Waals surface area contributed by atoms with Crippen molar-refractivity contribution < 1.29 is 31.1 Å². The van der Waals surface area contributed by atoms with Crippen molar-refractivity contribution >= 4 is 16.9 Å². The van der Waals surface area contributed by atoms with Crippen LogP contribution < -0.4 is 0 Å². The van der Waals surface area contributed by atoms with Crippen LogP contribution in [0.15, 0.2) is 0 Å². The number of carbonyl (C=O) groups excluding carboxylic acids is 1. The monoisotopic (exact) mass is 268 g/mol. The van der Waals surface area contributed by atoms with Crippen LogP contribution in [0.5, 0.6) is 0 Å². The Kier molecular flexibility index (Phi) is 5.64. The van der Waals surface area contributed by atoms with E-state index in [0.29, 0.717) is 11.8 Å². The first kappa shape index (κ1) is 15.6. The fourth-order valence-electron chi connectivity index (χ4n) is 0.895. The molecule has 0 saturated heterocycles. The lowest BCUT2D eigenvalue weighted by Gasteiger charge is -2.21. The van der Waals surface area contributed by atoms with Crippen LogP contribution in [0.25, 0.3) is 0 Å². The highest BCUT2D eigenvalue weighted by Crippen LogP contribution is 2.36. The highest BCUT2D eigenvalue weighted by Gasteiger charge is 2.49. The van der Waals surface area contributed by atoms with E-state index < -0.39 is 36.2 Å². The molecule has 96 valence electrons. The van der Waals surface area contributed by atoms with Gasteiger partial charge in [0.1, 0.15) is 6.42 Å². The molecule has 0 radical (unpaired) electrons. The van der Waals surface area contributed by atoms with Crippen LogP contribution in [-0.2, 0) is 4.79 Å². The van der Waals surface area contributed by atoms with Crippen molar-refractivity contribution in [1.82, 2.24) is 0 Å². The molecule has 0 aromatic heterocycles. The number of hydrogen-bond donors (Lipinski definition) is 0. The van der Waals surface area contributed by atoms with E-state index >= 15 is 0 Å². The number of halogens is 6. The average molecular weight is 268 g/mol. The lowest BCUT2D eigenvalue weighted by molar-refractivity contribution is -0.204. The summed E-state index contributed by atoms with van der Waals surface area (Å²) in [7, 11) is 0. The summed E-state index contributed by atoms with van der Waals surface area (Å²) in [5.41, 5.74) is 0. The van der Waals surface area contributed by atoms with Gasteiger partial charge in [-0.2, -0.15) is 13.2 Å². The normalized spacial score (nSPS) is 14.9. The van der Waals surface area contributed by atoms with Crippen LogP contribution in [0.2, 0.25) is 0 Å². The summed E-state index contributed by atoms with van der Waals surface area (Å²) in [4.78, 5) is 10.4. The SMILES string of the molecule is CC(=O)SCCC(F)C(F)(F)CC(F)(F)F. The zero-order chi connectivity index (χ0) is 13.0. The van der Waals surface area contributed by atoms with Gasteiger partial charge in [-0.3, -0.25) is 4.79 Å². The Balaban J connectivity index is 4.14. The topological polar surface area (TPSA) is 17.1 Å². The molecule has 0 bridgehead atoms. The molecule has 0 aromatic carbocycles. The molecule has 1 atom stereocenters. The van der Waals surface area contributed by atoms with Crippen molar-refractivity contribution in [3.8, 4) is 0 Å². The van der Waals surface area contributed by atoms with E-state index in [1.54, 1.807) is 0 Å². The Morgan fingerprint density at radius 3 is 2.12 bits per heavy atom. The fourth-order valence-corrected chi connectivity index (χ4v) is 1.51. The maximum absolute atomic E-state index is 12.8. The predicted octanol–water partition coefficient (Wildman–Crippen LogP) is 3.58. The van der Waals surface area contributed by atoms with Gasteiger partial charge >= 0.3 is 6.18 Å². The maximum atomic E-state index is 12.8. The minimum Gasteiger partial charge on any atom is -0.288 e. The van der Waals surface area contributed by atoms with Gasteiger partial charge in [-0.05, 0) is 6.42 Å². The number of carbonyl (C=O) groups is 1. The Morgan fingerprint density at radius 1 is 1.25 bits per heavy atom. The van der Waals surface area contributed by atoms with Gasteiger partial charge in [0.2, 0.25) is 0 Å². The minimum absolute atomic E-state index is 0.260. The van der Waals surface area contributed by atoms with Gasteiger partial charge in [0.05, 0.1) is 0 Å². The summed E-state index contributed by atoms with van der Waals surface area (Å²) >= 11 is 0.600. The predicted molar refractivity (Wildman–Crippen MR) is 48.3 cm³/mol. The van der Waals surface area contributed by atoms with E-state index in [1.165, 1.54) is 0 Å². The first-order chi connectivity index (χ1) is 7.04. The van der Waals surface area contributed by atoms with Crippen molar-refractivity contribution in [1.29, 1.82) is 0 Å². The number of rotatable bonds is 5. The molecule has 0 saturated carbocycles. The third-order valence-corrected chi connectivity index (χ3v) is 2.42. The van der Waals surface area contributed by atoms with E-state index in [0.717, 1.165) is 6.92 Å². The smallest absolute Gasteiger partial charge is 0.288 e. The minimum atomic E-state index is -5.11. The van der Waals surface area contributed by atoms with Crippen LogP contribution in [0.1, 0.15) is 19.8 Å². The third-order valence-electron chi connectivity index (χ3n) is 1.57. The van der Waals surface area contributed by atoms with E-state index in [2.05, 4.69) is 0 Å². The highest BCUT2D eigenvalue weighted by atomic mass is 32.2. The van der Waals surface area contributed by atoms with Crippen LogP contribution in [0.4, 0.5) is 26.3 Å². The van der Waals surface area contributed by atoms with Gasteiger partial charge in [-0.1, -0.05) is 11.8 Å². The summed E-state index contributed by atoms with van der Waals surface area (Å²) in [6, 6.07) is 0. The zero-order valence-corrected chi connectivity index (χ0v) is 9.10. The van der Waals surface area contributed by atoms with Crippen molar-refractivity contribution in [3.63, 3.8) is 0 Å². The molecule has 1 nitrogen and oxygen atoms in total. The molecular formula is C8H10F6OS. The summed E-state index contributed by atoms with van der Waals surface area (Å²) in [6.07, 6.45) is -11.3. The molecule has 0 aliphatic rings. The molecule has 1 unspecified atom stereocenters. The molecule has 0 fully saturated rings. The fraction of sp³-hybridized carbons (Fsp3) is 0.875. The Labute approximate surface area is 92.6 Å². The average Bonchev–Trinajstić information content (AvgIpc) is 1.98. The number of thioether (sulfide) groups is 1. The van der Waals surface area contributed by atoms with Gasteiger partial charge in [0, 0.05) is 12.7 Å². The van der Waals surface area contributed by atoms with Crippen molar-refractivity contribution in [2.24, 2.45) is 0 Å². The van der Waals surface area contributed by atoms with Gasteiger partial charge in [-0.15, -0.1) is 0 Å². The van der Waals surface area contributed by atoms with Crippen molar-refractivity contribution in [3.05, 3.63) is 0 Å². The van der Waals surface area contributed by atoms with Gasteiger partial charge < -0.3 is 0 Å². The Bertz CT molecular complexity index is 239. The van der Waals surface area contributed by atoms with Crippen LogP contribution in [0.3, 0.4) is 0 Å². The van der Waals surface area contributed by atoms with Crippen LogP contribution >= 0.6 is 11.8 Å². The molecule has 0 aliphatic carbocycles. The lowest BCUT2D eigenvalue weighted by atomic mass is 10.1. The van der Waals surface area contributed by atoms with Crippen molar-refractivity contribution in [2.45, 2.75) is 38.0 Å². The zero-order valence-electron chi connectivity index (χ0n) is 8.28. The number of alkyl halides is 6. The summed E-state index contributed by atoms with van der Waals surface area (Å²) in [6.45, 7) is 1.16. The van der Waals surface area contributed by atoms with Crippen molar-refractivity contribution in [2.75, 3.05) is 5.75 Å². The maximum Gasteiger partial charge on any atom is 0.394 e. The molecular weight excluding hydrogens is 258 g/mol. The summed E-state index contributed by atoms with van der Waals surface area (Å²) in [5, 5.41) is -0.397. The molecule has 0 heterocycles. The second-order valence-corrected chi connectivity index (χ2v) is 4.42. The van der Waals surface area contributed by atoms with Gasteiger partial charge in [0.15, 0.2) is 11.3 Å². The lowest BCUT2D eigenvalue weighted by Crippen LogP contribution is -2.35. The standard InChI is InChI=1S/C8H10F6OS/c1-5(15)16-3-2-6(9)7(10,11)4-8(12,13)14/h6H,2-4H2,1H3. The second-order valence-electron chi connectivity index (χ2n) is 3.15. The largest absolute Gasteiger partial charge is 0.394 e. The number of hydrogen-bond acceptors (Lipinski definition) is 2. The highest BCUT2D eigenvalue weighted by molar-refractivity contribution is 8.13. The Hall–Kier alpha value is -0.400.